The maximum atomic E-state index is 13.0. The molecule has 1 aliphatic carbocycles. The molecule has 2 aromatic carbocycles. The van der Waals surface area contributed by atoms with Gasteiger partial charge in [0.15, 0.2) is 0 Å². The van der Waals surface area contributed by atoms with E-state index in [1.807, 2.05) is 31.2 Å². The highest BCUT2D eigenvalue weighted by Gasteiger charge is 2.36. The highest BCUT2D eigenvalue weighted by Crippen LogP contribution is 2.44. The minimum atomic E-state index is -1.05. The van der Waals surface area contributed by atoms with Crippen molar-refractivity contribution in [1.82, 2.24) is 4.90 Å². The van der Waals surface area contributed by atoms with Gasteiger partial charge in [0.25, 0.3) is 0 Å². The molecule has 6 nitrogen and oxygen atoms in total. The van der Waals surface area contributed by atoms with Crippen molar-refractivity contribution in [1.29, 1.82) is 0 Å². The number of ether oxygens (including phenoxy) is 2. The lowest BCUT2D eigenvalue weighted by molar-refractivity contribution is -0.145. The molecule has 1 N–H and O–H groups in total. The molecule has 0 heterocycles. The number of hydrogen-bond acceptors (Lipinski definition) is 4. The van der Waals surface area contributed by atoms with Gasteiger partial charge in [0.2, 0.25) is 0 Å². The van der Waals surface area contributed by atoms with Crippen molar-refractivity contribution >= 4 is 12.1 Å². The van der Waals surface area contributed by atoms with Crippen molar-refractivity contribution in [3.63, 3.8) is 0 Å². The Hall–Kier alpha value is -2.86. The van der Waals surface area contributed by atoms with Crippen LogP contribution in [0, 0.1) is 5.92 Å². The second-order valence-corrected chi connectivity index (χ2v) is 7.71. The molecule has 0 radical (unpaired) electrons. The summed E-state index contributed by atoms with van der Waals surface area (Å²) in [6, 6.07) is 15.2. The standard InChI is InChI=1S/C24H29NO5/c1-4-13-25(22(23(26)27)16(2)14-29-3)24(28)30-15-21-19-11-7-5-9-17(19)18-10-6-8-12-20(18)21/h5-12,16,21-22H,4,13-15H2,1-3H3,(H,26,27). The van der Waals surface area contributed by atoms with Crippen LogP contribution in [0.2, 0.25) is 0 Å². The van der Waals surface area contributed by atoms with Crippen LogP contribution in [0.25, 0.3) is 11.1 Å². The predicted octanol–water partition coefficient (Wildman–Crippen LogP) is 4.38. The third-order valence-corrected chi connectivity index (χ3v) is 5.59. The summed E-state index contributed by atoms with van der Waals surface area (Å²) in [5.41, 5.74) is 4.54. The minimum absolute atomic E-state index is 0.0653. The smallest absolute Gasteiger partial charge is 0.410 e. The van der Waals surface area contributed by atoms with Crippen LogP contribution in [0.5, 0.6) is 0 Å². The molecular weight excluding hydrogens is 382 g/mol. The van der Waals surface area contributed by atoms with Crippen molar-refractivity contribution in [2.45, 2.75) is 32.2 Å². The number of fused-ring (bicyclic) bond motifs is 3. The van der Waals surface area contributed by atoms with Gasteiger partial charge >= 0.3 is 12.1 Å². The second kappa shape index (κ2) is 9.76. The number of carbonyl (C=O) groups excluding carboxylic acids is 1. The van der Waals surface area contributed by atoms with Gasteiger partial charge in [0.05, 0.1) is 6.61 Å². The van der Waals surface area contributed by atoms with E-state index in [-0.39, 0.29) is 25.0 Å². The normalized spacial score (nSPS) is 14.5. The van der Waals surface area contributed by atoms with Gasteiger partial charge in [0.1, 0.15) is 12.6 Å². The highest BCUT2D eigenvalue weighted by atomic mass is 16.6. The van der Waals surface area contributed by atoms with Crippen LogP contribution in [0.1, 0.15) is 37.3 Å². The molecule has 0 bridgehead atoms. The van der Waals surface area contributed by atoms with Crippen LogP contribution in [0.15, 0.2) is 48.5 Å². The molecule has 0 saturated heterocycles. The van der Waals surface area contributed by atoms with Crippen LogP contribution >= 0.6 is 0 Å². The van der Waals surface area contributed by atoms with Crippen LogP contribution in [0.4, 0.5) is 4.79 Å². The van der Waals surface area contributed by atoms with E-state index in [0.29, 0.717) is 13.0 Å². The van der Waals surface area contributed by atoms with Crippen molar-refractivity contribution in [2.24, 2.45) is 5.92 Å². The van der Waals surface area contributed by atoms with Crippen LogP contribution < -0.4 is 0 Å². The molecular formula is C24H29NO5. The minimum Gasteiger partial charge on any atom is -0.480 e. The maximum Gasteiger partial charge on any atom is 0.410 e. The molecule has 0 spiro atoms. The maximum absolute atomic E-state index is 13.0. The fourth-order valence-electron chi connectivity index (χ4n) is 4.30. The van der Waals surface area contributed by atoms with Gasteiger partial charge in [-0.3, -0.25) is 4.90 Å². The number of methoxy groups -OCH3 is 1. The van der Waals surface area contributed by atoms with Gasteiger partial charge in [0, 0.05) is 25.5 Å². The molecule has 2 aromatic rings. The number of carboxylic acid groups (broad SMARTS) is 1. The number of benzene rings is 2. The highest BCUT2D eigenvalue weighted by molar-refractivity contribution is 5.81. The number of hydrogen-bond donors (Lipinski definition) is 1. The van der Waals surface area contributed by atoms with Crippen LogP contribution in [-0.4, -0.2) is 55.0 Å². The van der Waals surface area contributed by atoms with E-state index in [4.69, 9.17) is 9.47 Å². The Labute approximate surface area is 177 Å². The first-order valence-corrected chi connectivity index (χ1v) is 10.3. The molecule has 0 aromatic heterocycles. The monoisotopic (exact) mass is 411 g/mol. The second-order valence-electron chi connectivity index (χ2n) is 7.71. The average molecular weight is 411 g/mol. The Bertz CT molecular complexity index is 851. The third-order valence-electron chi connectivity index (χ3n) is 5.59. The number of amides is 1. The van der Waals surface area contributed by atoms with Gasteiger partial charge in [-0.15, -0.1) is 0 Å². The van der Waals surface area contributed by atoms with E-state index >= 15 is 0 Å². The van der Waals surface area contributed by atoms with Crippen LogP contribution in [-0.2, 0) is 14.3 Å². The van der Waals surface area contributed by atoms with Gasteiger partial charge in [-0.2, -0.15) is 0 Å². The lowest BCUT2D eigenvalue weighted by Crippen LogP contribution is -2.50. The summed E-state index contributed by atoms with van der Waals surface area (Å²) in [7, 11) is 1.52. The summed E-state index contributed by atoms with van der Waals surface area (Å²) in [5, 5.41) is 9.75. The SMILES string of the molecule is CCCN(C(=O)OCC1c2ccccc2-c2ccccc21)C(C(=O)O)C(C)COC. The van der Waals surface area contributed by atoms with E-state index in [2.05, 4.69) is 24.3 Å². The number of carbonyl (C=O) groups is 2. The van der Waals surface area contributed by atoms with Gasteiger partial charge in [-0.25, -0.2) is 9.59 Å². The van der Waals surface area contributed by atoms with Crippen molar-refractivity contribution in [3.05, 3.63) is 59.7 Å². The molecule has 30 heavy (non-hydrogen) atoms. The average Bonchev–Trinajstić information content (AvgIpc) is 3.05. The first kappa shape index (κ1) is 21.8. The van der Waals surface area contributed by atoms with E-state index in [0.717, 1.165) is 22.3 Å². The molecule has 2 unspecified atom stereocenters. The fourth-order valence-corrected chi connectivity index (χ4v) is 4.30. The van der Waals surface area contributed by atoms with Crippen LogP contribution in [0.3, 0.4) is 0 Å². The molecule has 160 valence electrons. The van der Waals surface area contributed by atoms with E-state index in [9.17, 15) is 14.7 Å². The summed E-state index contributed by atoms with van der Waals surface area (Å²) in [5.74, 6) is -1.48. The quantitative estimate of drug-likeness (QED) is 0.663. The Morgan fingerprint density at radius 1 is 1.07 bits per heavy atom. The topological polar surface area (TPSA) is 76.1 Å². The lowest BCUT2D eigenvalue weighted by atomic mass is 9.98. The number of aliphatic carboxylic acids is 1. The summed E-state index contributed by atoms with van der Waals surface area (Å²) < 4.78 is 10.8. The molecule has 0 fully saturated rings. The summed E-state index contributed by atoms with van der Waals surface area (Å²) in [6.07, 6.45) is 0.0299. The lowest BCUT2D eigenvalue weighted by Gasteiger charge is -2.32. The van der Waals surface area contributed by atoms with E-state index in [1.165, 1.54) is 12.0 Å². The van der Waals surface area contributed by atoms with Crippen molar-refractivity contribution in [2.75, 3.05) is 26.9 Å². The molecule has 1 aliphatic rings. The largest absolute Gasteiger partial charge is 0.480 e. The summed E-state index contributed by atoms with van der Waals surface area (Å²) >= 11 is 0. The molecule has 2 atom stereocenters. The summed E-state index contributed by atoms with van der Waals surface area (Å²) in [6.45, 7) is 4.39. The number of nitrogens with zero attached hydrogens (tertiary/aromatic N) is 1. The van der Waals surface area contributed by atoms with Gasteiger partial charge < -0.3 is 14.6 Å². The Morgan fingerprint density at radius 2 is 1.63 bits per heavy atom. The Balaban J connectivity index is 1.80. The van der Waals surface area contributed by atoms with E-state index < -0.39 is 18.1 Å². The number of carboxylic acids is 1. The van der Waals surface area contributed by atoms with Gasteiger partial charge in [-0.1, -0.05) is 62.4 Å². The molecule has 6 heteroatoms. The molecule has 3 rings (SSSR count). The fraction of sp³-hybridized carbons (Fsp3) is 0.417. The van der Waals surface area contributed by atoms with Crippen molar-refractivity contribution in [3.8, 4) is 11.1 Å². The predicted molar refractivity (Wildman–Crippen MR) is 115 cm³/mol. The molecule has 1 amide bonds. The van der Waals surface area contributed by atoms with E-state index in [1.54, 1.807) is 6.92 Å². The van der Waals surface area contributed by atoms with Gasteiger partial charge in [-0.05, 0) is 28.7 Å². The molecule has 0 aliphatic heterocycles. The molecule has 0 saturated carbocycles. The summed E-state index contributed by atoms with van der Waals surface area (Å²) in [4.78, 5) is 26.2. The zero-order valence-corrected chi connectivity index (χ0v) is 17.7. The number of rotatable bonds is 9. The Morgan fingerprint density at radius 3 is 2.13 bits per heavy atom. The first-order chi connectivity index (χ1) is 14.5. The van der Waals surface area contributed by atoms with Crippen molar-refractivity contribution < 1.29 is 24.2 Å². The zero-order valence-electron chi connectivity index (χ0n) is 17.7. The first-order valence-electron chi connectivity index (χ1n) is 10.3. The zero-order chi connectivity index (χ0) is 21.7. The third kappa shape index (κ3) is 4.33. The Kier molecular flexibility index (Phi) is 7.11.